The van der Waals surface area contributed by atoms with E-state index >= 15 is 0 Å². The standard InChI is InChI=1S/C35H54ClN5O4/c1-6-7-8-9-10-11-12-13-14-15-16-17-18-19-23-44-29(42)22-24-45-34(43)37-28-21-20-26(2)25-27(28)32-38-33-30(36)31(35(3,4)5)39-41(33)40-32/h20-21,25,39H,6-19,22-24H2,1-5H3,(H,37,43). The molecule has 45 heavy (non-hydrogen) atoms. The average molecular weight is 644 g/mol. The monoisotopic (exact) mass is 643 g/mol. The molecule has 0 aliphatic carbocycles. The molecule has 0 aliphatic rings. The van der Waals surface area contributed by atoms with Crippen LogP contribution in [0.4, 0.5) is 10.5 Å². The molecule has 0 saturated heterocycles. The van der Waals surface area contributed by atoms with Crippen molar-refractivity contribution in [2.45, 2.75) is 136 Å². The number of ether oxygens (including phenoxy) is 2. The quantitative estimate of drug-likeness (QED) is 0.0936. The molecule has 0 fully saturated rings. The van der Waals surface area contributed by atoms with E-state index in [1.54, 1.807) is 10.7 Å². The van der Waals surface area contributed by atoms with Gasteiger partial charge >= 0.3 is 12.1 Å². The zero-order chi connectivity index (χ0) is 32.7. The number of benzene rings is 1. The molecule has 0 radical (unpaired) electrons. The van der Waals surface area contributed by atoms with Gasteiger partial charge in [0.05, 0.1) is 24.4 Å². The van der Waals surface area contributed by atoms with Crippen LogP contribution in [-0.2, 0) is 19.7 Å². The molecule has 2 aromatic heterocycles. The Labute approximate surface area is 274 Å². The highest BCUT2D eigenvalue weighted by molar-refractivity contribution is 6.34. The second-order valence-electron chi connectivity index (χ2n) is 13.1. The van der Waals surface area contributed by atoms with Crippen LogP contribution in [0.2, 0.25) is 5.02 Å². The molecule has 2 N–H and O–H groups in total. The Balaban J connectivity index is 1.30. The first-order valence-electron chi connectivity index (χ1n) is 16.9. The predicted octanol–water partition coefficient (Wildman–Crippen LogP) is 9.95. The van der Waals surface area contributed by atoms with Crippen LogP contribution in [0.1, 0.15) is 135 Å². The lowest BCUT2D eigenvalue weighted by Gasteiger charge is -2.16. The normalized spacial score (nSPS) is 11.7. The molecule has 3 aromatic rings. The SMILES string of the molecule is CCCCCCCCCCCCCCCCOC(=O)CCOC(=O)Nc1ccc(C)cc1-c1nc2c(Cl)c(C(C)(C)C)[nH]n2n1. The maximum absolute atomic E-state index is 12.5. The Morgan fingerprint density at radius 3 is 2.07 bits per heavy atom. The Morgan fingerprint density at radius 1 is 0.889 bits per heavy atom. The van der Waals surface area contributed by atoms with Gasteiger partial charge in [-0.3, -0.25) is 15.2 Å². The van der Waals surface area contributed by atoms with Gasteiger partial charge in [-0.15, -0.1) is 5.10 Å². The molecule has 0 saturated carbocycles. The molecular formula is C35H54ClN5O4. The van der Waals surface area contributed by atoms with Gasteiger partial charge in [0, 0.05) is 11.0 Å². The Bertz CT molecular complexity index is 1340. The number of carbonyl (C=O) groups excluding carboxylic acids is 2. The number of anilines is 1. The molecule has 10 heteroatoms. The fraction of sp³-hybridized carbons (Fsp3) is 0.657. The van der Waals surface area contributed by atoms with Crippen molar-refractivity contribution in [3.8, 4) is 11.4 Å². The van der Waals surface area contributed by atoms with E-state index in [-0.39, 0.29) is 24.4 Å². The predicted molar refractivity (Wildman–Crippen MR) is 182 cm³/mol. The molecule has 0 spiro atoms. The summed E-state index contributed by atoms with van der Waals surface area (Å²) in [5, 5.41) is 11.0. The van der Waals surface area contributed by atoms with E-state index in [1.807, 2.05) is 19.1 Å². The summed E-state index contributed by atoms with van der Waals surface area (Å²) >= 11 is 6.60. The van der Waals surface area contributed by atoms with Crippen molar-refractivity contribution in [2.24, 2.45) is 0 Å². The molecule has 1 aromatic carbocycles. The molecule has 0 bridgehead atoms. The van der Waals surface area contributed by atoms with E-state index in [4.69, 9.17) is 21.1 Å². The first kappa shape index (κ1) is 36.4. The fourth-order valence-electron chi connectivity index (χ4n) is 5.29. The number of carbonyl (C=O) groups is 2. The van der Waals surface area contributed by atoms with E-state index in [0.29, 0.717) is 34.4 Å². The minimum atomic E-state index is -0.669. The van der Waals surface area contributed by atoms with Crippen LogP contribution in [0.25, 0.3) is 17.0 Å². The number of halogens is 1. The highest BCUT2D eigenvalue weighted by atomic mass is 35.5. The van der Waals surface area contributed by atoms with Crippen LogP contribution in [0.5, 0.6) is 0 Å². The van der Waals surface area contributed by atoms with Crippen molar-refractivity contribution in [3.05, 3.63) is 34.5 Å². The van der Waals surface area contributed by atoms with E-state index in [9.17, 15) is 9.59 Å². The first-order chi connectivity index (χ1) is 21.6. The molecule has 0 aliphatic heterocycles. The van der Waals surface area contributed by atoms with Gasteiger partial charge in [0.1, 0.15) is 11.6 Å². The smallest absolute Gasteiger partial charge is 0.411 e. The summed E-state index contributed by atoms with van der Waals surface area (Å²) in [6.07, 6.45) is 17.3. The van der Waals surface area contributed by atoms with Crippen LogP contribution < -0.4 is 5.32 Å². The van der Waals surface area contributed by atoms with Crippen molar-refractivity contribution in [1.82, 2.24) is 19.8 Å². The number of amides is 1. The van der Waals surface area contributed by atoms with E-state index in [1.165, 1.54) is 77.0 Å². The number of nitrogens with one attached hydrogen (secondary N) is 2. The van der Waals surface area contributed by atoms with Gasteiger partial charge in [-0.25, -0.2) is 9.78 Å². The number of aromatic amines is 1. The van der Waals surface area contributed by atoms with Gasteiger partial charge in [0.25, 0.3) is 0 Å². The Morgan fingerprint density at radius 2 is 1.49 bits per heavy atom. The highest BCUT2D eigenvalue weighted by Gasteiger charge is 2.25. The third kappa shape index (κ3) is 12.3. The molecular weight excluding hydrogens is 590 g/mol. The van der Waals surface area contributed by atoms with Crippen LogP contribution in [0, 0.1) is 6.92 Å². The minimum Gasteiger partial charge on any atom is -0.466 e. The third-order valence-corrected chi connectivity index (χ3v) is 8.30. The second-order valence-corrected chi connectivity index (χ2v) is 13.5. The maximum Gasteiger partial charge on any atom is 0.411 e. The highest BCUT2D eigenvalue weighted by Crippen LogP contribution is 2.33. The van der Waals surface area contributed by atoms with Gasteiger partial charge in [-0.05, 0) is 25.5 Å². The molecule has 9 nitrogen and oxygen atoms in total. The van der Waals surface area contributed by atoms with Crippen molar-refractivity contribution in [1.29, 1.82) is 0 Å². The first-order valence-corrected chi connectivity index (χ1v) is 17.3. The number of hydrogen-bond donors (Lipinski definition) is 2. The number of esters is 1. The van der Waals surface area contributed by atoms with Crippen LogP contribution in [-0.4, -0.2) is 45.1 Å². The number of fused-ring (bicyclic) bond motifs is 1. The number of H-pyrrole nitrogens is 1. The van der Waals surface area contributed by atoms with Gasteiger partial charge in [0.2, 0.25) is 0 Å². The maximum atomic E-state index is 12.5. The summed E-state index contributed by atoms with van der Waals surface area (Å²) in [6.45, 7) is 10.7. The van der Waals surface area contributed by atoms with Crippen LogP contribution in [0.15, 0.2) is 18.2 Å². The number of unbranched alkanes of at least 4 members (excludes halogenated alkanes) is 13. The Kier molecular flexibility index (Phi) is 15.2. The van der Waals surface area contributed by atoms with E-state index in [0.717, 1.165) is 24.1 Å². The van der Waals surface area contributed by atoms with Crippen molar-refractivity contribution >= 4 is 35.0 Å². The topological polar surface area (TPSA) is 111 Å². The number of hydrogen-bond acceptors (Lipinski definition) is 6. The lowest BCUT2D eigenvalue weighted by molar-refractivity contribution is -0.144. The minimum absolute atomic E-state index is 0.00864. The van der Waals surface area contributed by atoms with E-state index < -0.39 is 6.09 Å². The number of rotatable bonds is 20. The number of aryl methyl sites for hydroxylation is 1. The van der Waals surface area contributed by atoms with Gasteiger partial charge in [0.15, 0.2) is 11.5 Å². The number of nitrogens with zero attached hydrogens (tertiary/aromatic N) is 3. The zero-order valence-corrected chi connectivity index (χ0v) is 28.9. The van der Waals surface area contributed by atoms with Crippen LogP contribution in [0.3, 0.4) is 0 Å². The van der Waals surface area contributed by atoms with Gasteiger partial charge in [-0.2, -0.15) is 4.63 Å². The van der Waals surface area contributed by atoms with Gasteiger partial charge < -0.3 is 9.47 Å². The molecule has 0 atom stereocenters. The van der Waals surface area contributed by atoms with Crippen molar-refractivity contribution in [3.63, 3.8) is 0 Å². The molecule has 2 heterocycles. The molecule has 1 amide bonds. The lowest BCUT2D eigenvalue weighted by atomic mass is 9.92. The summed E-state index contributed by atoms with van der Waals surface area (Å²) in [5.74, 6) is 0.0481. The molecule has 3 rings (SSSR count). The summed E-state index contributed by atoms with van der Waals surface area (Å²) in [4.78, 5) is 29.3. The lowest BCUT2D eigenvalue weighted by Crippen LogP contribution is -2.17. The van der Waals surface area contributed by atoms with E-state index in [2.05, 4.69) is 48.2 Å². The average Bonchev–Trinajstić information content (AvgIpc) is 3.55. The fourth-order valence-corrected chi connectivity index (χ4v) is 5.74. The number of aromatic nitrogens is 4. The Hall–Kier alpha value is -3.07. The summed E-state index contributed by atoms with van der Waals surface area (Å²) in [5.41, 5.74) is 3.26. The van der Waals surface area contributed by atoms with Gasteiger partial charge in [-0.1, -0.05) is 134 Å². The summed E-state index contributed by atoms with van der Waals surface area (Å²) in [6, 6.07) is 5.53. The molecule has 0 unspecified atom stereocenters. The van der Waals surface area contributed by atoms with Crippen molar-refractivity contribution in [2.75, 3.05) is 18.5 Å². The molecule has 250 valence electrons. The summed E-state index contributed by atoms with van der Waals surface area (Å²) in [7, 11) is 0. The summed E-state index contributed by atoms with van der Waals surface area (Å²) < 4.78 is 12.1. The zero-order valence-electron chi connectivity index (χ0n) is 28.1. The third-order valence-electron chi connectivity index (χ3n) is 7.94. The van der Waals surface area contributed by atoms with Crippen LogP contribution >= 0.6 is 11.6 Å². The second kappa shape index (κ2) is 18.8. The largest absolute Gasteiger partial charge is 0.466 e. The van der Waals surface area contributed by atoms with Crippen molar-refractivity contribution < 1.29 is 19.1 Å².